The lowest BCUT2D eigenvalue weighted by molar-refractivity contribution is 0.0434. The molecule has 0 aromatic heterocycles. The SMILES string of the molecule is NC1CC2(CCN(C3CC3)C2)Oc2ccc(Cl)cc21. The molecule has 2 N–H and O–H groups in total. The minimum atomic E-state index is -0.0666. The fourth-order valence-electron chi connectivity index (χ4n) is 3.56. The zero-order chi connectivity index (χ0) is 13.0. The van der Waals surface area contributed by atoms with Gasteiger partial charge in [-0.15, -0.1) is 0 Å². The van der Waals surface area contributed by atoms with Gasteiger partial charge < -0.3 is 10.5 Å². The van der Waals surface area contributed by atoms with Crippen molar-refractivity contribution in [1.82, 2.24) is 4.90 Å². The molecule has 1 aromatic rings. The molecule has 3 nitrogen and oxygen atoms in total. The van der Waals surface area contributed by atoms with E-state index in [0.717, 1.165) is 48.3 Å². The molecular formula is C15H19ClN2O. The molecule has 1 aliphatic carbocycles. The van der Waals surface area contributed by atoms with Crippen LogP contribution in [0.1, 0.15) is 37.3 Å². The predicted molar refractivity (Wildman–Crippen MR) is 75.6 cm³/mol. The van der Waals surface area contributed by atoms with Gasteiger partial charge >= 0.3 is 0 Å². The van der Waals surface area contributed by atoms with Crippen molar-refractivity contribution in [2.45, 2.75) is 43.4 Å². The average Bonchev–Trinajstić information content (AvgIpc) is 3.15. The highest BCUT2D eigenvalue weighted by Gasteiger charge is 2.48. The van der Waals surface area contributed by atoms with Crippen LogP contribution in [-0.4, -0.2) is 29.6 Å². The number of hydrogen-bond donors (Lipinski definition) is 1. The first-order valence-electron chi connectivity index (χ1n) is 7.13. The molecule has 102 valence electrons. The van der Waals surface area contributed by atoms with Crippen LogP contribution in [0.4, 0.5) is 0 Å². The Hall–Kier alpha value is -0.770. The Balaban J connectivity index is 1.62. The van der Waals surface area contributed by atoms with Gasteiger partial charge in [-0.1, -0.05) is 11.6 Å². The van der Waals surface area contributed by atoms with Gasteiger partial charge in [-0.3, -0.25) is 4.90 Å². The van der Waals surface area contributed by atoms with E-state index in [0.29, 0.717) is 0 Å². The number of nitrogens with two attached hydrogens (primary N) is 1. The number of nitrogens with zero attached hydrogens (tertiary/aromatic N) is 1. The van der Waals surface area contributed by atoms with Gasteiger partial charge in [0.15, 0.2) is 0 Å². The summed E-state index contributed by atoms with van der Waals surface area (Å²) >= 11 is 6.05. The lowest BCUT2D eigenvalue weighted by Gasteiger charge is -2.38. The van der Waals surface area contributed by atoms with Crippen LogP contribution in [0.5, 0.6) is 5.75 Å². The first-order chi connectivity index (χ1) is 9.15. The molecule has 2 aliphatic heterocycles. The van der Waals surface area contributed by atoms with Crippen LogP contribution < -0.4 is 10.5 Å². The van der Waals surface area contributed by atoms with Gasteiger partial charge in [-0.05, 0) is 31.0 Å². The standard InChI is InChI=1S/C15H19ClN2O/c16-10-1-4-14-12(7-10)13(17)8-15(19-14)5-6-18(9-15)11-2-3-11/h1,4,7,11,13H,2-3,5-6,8-9,17H2. The van der Waals surface area contributed by atoms with Gasteiger partial charge in [0.05, 0.1) is 0 Å². The van der Waals surface area contributed by atoms with E-state index in [-0.39, 0.29) is 11.6 Å². The highest BCUT2D eigenvalue weighted by atomic mass is 35.5. The Kier molecular flexibility index (Phi) is 2.60. The number of ether oxygens (including phenoxy) is 1. The maximum atomic E-state index is 6.35. The van der Waals surface area contributed by atoms with E-state index >= 15 is 0 Å². The molecular weight excluding hydrogens is 260 g/mol. The smallest absolute Gasteiger partial charge is 0.125 e. The van der Waals surface area contributed by atoms with Crippen LogP contribution >= 0.6 is 11.6 Å². The largest absolute Gasteiger partial charge is 0.485 e. The molecule has 2 fully saturated rings. The van der Waals surface area contributed by atoms with Crippen molar-refractivity contribution in [3.63, 3.8) is 0 Å². The molecule has 2 atom stereocenters. The third-order valence-corrected chi connectivity index (χ3v) is 4.93. The fraction of sp³-hybridized carbons (Fsp3) is 0.600. The average molecular weight is 279 g/mol. The van der Waals surface area contributed by atoms with Crippen LogP contribution in [0.3, 0.4) is 0 Å². The molecule has 1 aromatic carbocycles. The fourth-order valence-corrected chi connectivity index (χ4v) is 3.75. The number of benzene rings is 1. The van der Waals surface area contributed by atoms with E-state index in [4.69, 9.17) is 22.1 Å². The molecule has 4 heteroatoms. The van der Waals surface area contributed by atoms with Crippen molar-refractivity contribution in [2.75, 3.05) is 13.1 Å². The van der Waals surface area contributed by atoms with Gasteiger partial charge in [0.25, 0.3) is 0 Å². The Labute approximate surface area is 118 Å². The molecule has 19 heavy (non-hydrogen) atoms. The molecule has 0 amide bonds. The van der Waals surface area contributed by atoms with Gasteiger partial charge in [0, 0.05) is 48.6 Å². The summed E-state index contributed by atoms with van der Waals surface area (Å²) in [4.78, 5) is 2.58. The van der Waals surface area contributed by atoms with Gasteiger partial charge in [-0.25, -0.2) is 0 Å². The summed E-state index contributed by atoms with van der Waals surface area (Å²) in [6.45, 7) is 2.19. The van der Waals surface area contributed by atoms with Gasteiger partial charge in [0.2, 0.25) is 0 Å². The highest BCUT2D eigenvalue weighted by molar-refractivity contribution is 6.30. The molecule has 0 bridgehead atoms. The number of hydrogen-bond acceptors (Lipinski definition) is 3. The second kappa shape index (κ2) is 4.11. The third-order valence-electron chi connectivity index (χ3n) is 4.70. The van der Waals surface area contributed by atoms with Crippen molar-refractivity contribution in [2.24, 2.45) is 5.73 Å². The van der Waals surface area contributed by atoms with Crippen LogP contribution in [0.25, 0.3) is 0 Å². The molecule has 3 aliphatic rings. The molecule has 1 saturated heterocycles. The van der Waals surface area contributed by atoms with Crippen molar-refractivity contribution in [3.05, 3.63) is 28.8 Å². The lowest BCUT2D eigenvalue weighted by Crippen LogP contribution is -2.45. The molecule has 2 unspecified atom stereocenters. The van der Waals surface area contributed by atoms with Crippen molar-refractivity contribution in [1.29, 1.82) is 0 Å². The first kappa shape index (κ1) is 12.0. The Bertz CT molecular complexity index is 517. The van der Waals surface area contributed by atoms with Crippen LogP contribution in [-0.2, 0) is 0 Å². The second-order valence-electron chi connectivity index (χ2n) is 6.23. The minimum Gasteiger partial charge on any atom is -0.485 e. The van der Waals surface area contributed by atoms with E-state index in [1.54, 1.807) is 0 Å². The third kappa shape index (κ3) is 2.04. The zero-order valence-electron chi connectivity index (χ0n) is 10.9. The summed E-state index contributed by atoms with van der Waals surface area (Å²) < 4.78 is 6.33. The van der Waals surface area contributed by atoms with Crippen LogP contribution in [0.15, 0.2) is 18.2 Å². The Morgan fingerprint density at radius 1 is 1.37 bits per heavy atom. The van der Waals surface area contributed by atoms with Gasteiger partial charge in [-0.2, -0.15) is 0 Å². The minimum absolute atomic E-state index is 0.0432. The molecule has 1 spiro atoms. The number of rotatable bonds is 1. The number of fused-ring (bicyclic) bond motifs is 1. The monoisotopic (exact) mass is 278 g/mol. The van der Waals surface area contributed by atoms with E-state index in [1.807, 2.05) is 18.2 Å². The quantitative estimate of drug-likeness (QED) is 0.858. The van der Waals surface area contributed by atoms with E-state index in [1.165, 1.54) is 12.8 Å². The normalized spacial score (nSPS) is 34.3. The summed E-state index contributed by atoms with van der Waals surface area (Å²) in [7, 11) is 0. The highest BCUT2D eigenvalue weighted by Crippen LogP contribution is 2.45. The van der Waals surface area contributed by atoms with Crippen molar-refractivity contribution >= 4 is 11.6 Å². The molecule has 2 heterocycles. The predicted octanol–water partition coefficient (Wildman–Crippen LogP) is 2.73. The maximum Gasteiger partial charge on any atom is 0.125 e. The maximum absolute atomic E-state index is 6.35. The molecule has 1 saturated carbocycles. The summed E-state index contributed by atoms with van der Waals surface area (Å²) in [5.41, 5.74) is 7.34. The first-order valence-corrected chi connectivity index (χ1v) is 7.51. The molecule has 0 radical (unpaired) electrons. The summed E-state index contributed by atoms with van der Waals surface area (Å²) in [5.74, 6) is 0.931. The lowest BCUT2D eigenvalue weighted by atomic mass is 9.87. The topological polar surface area (TPSA) is 38.5 Å². The Morgan fingerprint density at radius 2 is 2.21 bits per heavy atom. The summed E-state index contributed by atoms with van der Waals surface area (Å²) in [6.07, 6.45) is 4.71. The van der Waals surface area contributed by atoms with Crippen molar-refractivity contribution < 1.29 is 4.74 Å². The second-order valence-corrected chi connectivity index (χ2v) is 6.67. The summed E-state index contributed by atoms with van der Waals surface area (Å²) in [5, 5.41) is 0.736. The molecule has 4 rings (SSSR count). The van der Waals surface area contributed by atoms with E-state index in [9.17, 15) is 0 Å². The van der Waals surface area contributed by atoms with E-state index in [2.05, 4.69) is 4.90 Å². The zero-order valence-corrected chi connectivity index (χ0v) is 11.7. The van der Waals surface area contributed by atoms with Crippen molar-refractivity contribution in [3.8, 4) is 5.75 Å². The summed E-state index contributed by atoms with van der Waals surface area (Å²) in [6, 6.07) is 6.66. The number of likely N-dealkylation sites (tertiary alicyclic amines) is 1. The Morgan fingerprint density at radius 3 is 3.00 bits per heavy atom. The van der Waals surface area contributed by atoms with Crippen LogP contribution in [0.2, 0.25) is 5.02 Å². The van der Waals surface area contributed by atoms with E-state index < -0.39 is 0 Å². The van der Waals surface area contributed by atoms with Crippen LogP contribution in [0, 0.1) is 0 Å². The number of halogens is 1. The van der Waals surface area contributed by atoms with Gasteiger partial charge in [0.1, 0.15) is 11.4 Å².